The Morgan fingerprint density at radius 1 is 1.30 bits per heavy atom. The highest BCUT2D eigenvalue weighted by molar-refractivity contribution is 6.30. The van der Waals surface area contributed by atoms with Gasteiger partial charge in [-0.1, -0.05) is 23.7 Å². The summed E-state index contributed by atoms with van der Waals surface area (Å²) >= 11 is 5.83. The van der Waals surface area contributed by atoms with Gasteiger partial charge in [-0.15, -0.1) is 0 Å². The lowest BCUT2D eigenvalue weighted by Crippen LogP contribution is -1.97. The van der Waals surface area contributed by atoms with Crippen LogP contribution in [0.15, 0.2) is 42.5 Å². The average molecular weight is 294 g/mol. The van der Waals surface area contributed by atoms with Crippen LogP contribution < -0.4 is 4.74 Å². The molecule has 0 radical (unpaired) electrons. The highest BCUT2D eigenvalue weighted by Crippen LogP contribution is 2.34. The van der Waals surface area contributed by atoms with Gasteiger partial charge in [-0.3, -0.25) is 10.1 Å². The standard InChI is InChI=1S/C14H12ClNO4/c1-9(17)10-5-6-14(13(7-10)16(18)19)20-12-4-2-3-11(15)8-12/h2-9,17H,1H3/t9-/m1/s1. The van der Waals surface area contributed by atoms with Crippen molar-refractivity contribution in [2.45, 2.75) is 13.0 Å². The molecule has 5 nitrogen and oxygen atoms in total. The number of rotatable bonds is 4. The molecule has 0 spiro atoms. The van der Waals surface area contributed by atoms with Crippen LogP contribution in [0.25, 0.3) is 0 Å². The summed E-state index contributed by atoms with van der Waals surface area (Å²) in [6.45, 7) is 1.54. The summed E-state index contributed by atoms with van der Waals surface area (Å²) in [7, 11) is 0. The zero-order valence-corrected chi connectivity index (χ0v) is 11.4. The average Bonchev–Trinajstić information content (AvgIpc) is 2.38. The number of nitrogens with zero attached hydrogens (tertiary/aromatic N) is 1. The van der Waals surface area contributed by atoms with E-state index in [1.807, 2.05) is 0 Å². The van der Waals surface area contributed by atoms with Gasteiger partial charge in [0.2, 0.25) is 5.75 Å². The van der Waals surface area contributed by atoms with Crippen LogP contribution in [0, 0.1) is 10.1 Å². The van der Waals surface area contributed by atoms with Gasteiger partial charge >= 0.3 is 5.69 Å². The zero-order valence-electron chi connectivity index (χ0n) is 10.6. The van der Waals surface area contributed by atoms with E-state index < -0.39 is 11.0 Å². The Labute approximate surface area is 120 Å². The van der Waals surface area contributed by atoms with Crippen LogP contribution in [-0.2, 0) is 0 Å². The van der Waals surface area contributed by atoms with Crippen molar-refractivity contribution >= 4 is 17.3 Å². The quantitative estimate of drug-likeness (QED) is 0.680. The molecule has 0 bridgehead atoms. The fourth-order valence-electron chi connectivity index (χ4n) is 1.68. The van der Waals surface area contributed by atoms with E-state index in [1.54, 1.807) is 30.3 Å². The number of aliphatic hydroxyl groups excluding tert-OH is 1. The number of ether oxygens (including phenoxy) is 1. The number of halogens is 1. The van der Waals surface area contributed by atoms with E-state index in [2.05, 4.69) is 0 Å². The minimum atomic E-state index is -0.783. The van der Waals surface area contributed by atoms with Crippen LogP contribution in [0.3, 0.4) is 0 Å². The lowest BCUT2D eigenvalue weighted by atomic mass is 10.1. The van der Waals surface area contributed by atoms with Gasteiger partial charge in [-0.05, 0) is 36.8 Å². The summed E-state index contributed by atoms with van der Waals surface area (Å²) < 4.78 is 5.48. The molecule has 0 aromatic heterocycles. The third-order valence-electron chi connectivity index (χ3n) is 2.69. The van der Waals surface area contributed by atoms with Crippen LogP contribution in [0.4, 0.5) is 5.69 Å². The van der Waals surface area contributed by atoms with Crippen LogP contribution in [0.5, 0.6) is 11.5 Å². The lowest BCUT2D eigenvalue weighted by molar-refractivity contribution is -0.385. The van der Waals surface area contributed by atoms with Crippen molar-refractivity contribution in [3.8, 4) is 11.5 Å². The van der Waals surface area contributed by atoms with Crippen LogP contribution in [-0.4, -0.2) is 10.0 Å². The molecule has 2 aromatic rings. The summed E-state index contributed by atoms with van der Waals surface area (Å²) in [6, 6.07) is 10.9. The first-order chi connectivity index (χ1) is 9.47. The van der Waals surface area contributed by atoms with Gasteiger partial charge in [0, 0.05) is 11.1 Å². The van der Waals surface area contributed by atoms with Gasteiger partial charge in [0.25, 0.3) is 0 Å². The summed E-state index contributed by atoms with van der Waals surface area (Å²) in [6.07, 6.45) is -0.783. The zero-order chi connectivity index (χ0) is 14.7. The molecule has 0 unspecified atom stereocenters. The molecule has 2 aromatic carbocycles. The van der Waals surface area contributed by atoms with Crippen LogP contribution >= 0.6 is 11.6 Å². The SMILES string of the molecule is C[C@@H](O)c1ccc(Oc2cccc(Cl)c2)c([N+](=O)[O-])c1. The second kappa shape index (κ2) is 5.90. The van der Waals surface area contributed by atoms with E-state index in [0.29, 0.717) is 16.3 Å². The fourth-order valence-corrected chi connectivity index (χ4v) is 1.86. The first-order valence-corrected chi connectivity index (χ1v) is 6.25. The van der Waals surface area contributed by atoms with Crippen molar-refractivity contribution in [1.29, 1.82) is 0 Å². The molecule has 20 heavy (non-hydrogen) atoms. The maximum absolute atomic E-state index is 11.1. The minimum Gasteiger partial charge on any atom is -0.450 e. The molecule has 1 N–H and O–H groups in total. The van der Waals surface area contributed by atoms with E-state index in [1.165, 1.54) is 19.1 Å². The van der Waals surface area contributed by atoms with Gasteiger partial charge in [0.15, 0.2) is 0 Å². The van der Waals surface area contributed by atoms with E-state index in [-0.39, 0.29) is 11.4 Å². The largest absolute Gasteiger partial charge is 0.450 e. The Kier molecular flexibility index (Phi) is 4.22. The maximum Gasteiger partial charge on any atom is 0.311 e. The number of hydrogen-bond acceptors (Lipinski definition) is 4. The fraction of sp³-hybridized carbons (Fsp3) is 0.143. The number of benzene rings is 2. The van der Waals surface area contributed by atoms with Crippen molar-refractivity contribution in [2.24, 2.45) is 0 Å². The number of aliphatic hydroxyl groups is 1. The van der Waals surface area contributed by atoms with E-state index >= 15 is 0 Å². The molecule has 0 saturated heterocycles. The lowest BCUT2D eigenvalue weighted by Gasteiger charge is -2.09. The first-order valence-electron chi connectivity index (χ1n) is 5.87. The molecule has 1 atom stereocenters. The van der Waals surface area contributed by atoms with Crippen molar-refractivity contribution in [3.63, 3.8) is 0 Å². The summed E-state index contributed by atoms with van der Waals surface area (Å²) in [4.78, 5) is 10.5. The van der Waals surface area contributed by atoms with E-state index in [4.69, 9.17) is 16.3 Å². The number of nitro benzene ring substituents is 1. The monoisotopic (exact) mass is 293 g/mol. The molecule has 0 saturated carbocycles. The van der Waals surface area contributed by atoms with Crippen LogP contribution in [0.2, 0.25) is 5.02 Å². The van der Waals surface area contributed by atoms with E-state index in [9.17, 15) is 15.2 Å². The normalized spacial score (nSPS) is 11.9. The van der Waals surface area contributed by atoms with Crippen LogP contribution in [0.1, 0.15) is 18.6 Å². The van der Waals surface area contributed by atoms with E-state index in [0.717, 1.165) is 0 Å². The summed E-state index contributed by atoms with van der Waals surface area (Å²) in [5.41, 5.74) is 0.249. The molecular formula is C14H12ClNO4. The van der Waals surface area contributed by atoms with Crippen molar-refractivity contribution in [2.75, 3.05) is 0 Å². The Balaban J connectivity index is 2.38. The first kappa shape index (κ1) is 14.3. The molecule has 0 aliphatic rings. The van der Waals surface area contributed by atoms with Gasteiger partial charge < -0.3 is 9.84 Å². The van der Waals surface area contributed by atoms with Crippen molar-refractivity contribution in [3.05, 3.63) is 63.2 Å². The second-order valence-corrected chi connectivity index (χ2v) is 4.66. The predicted molar refractivity (Wildman–Crippen MR) is 75.3 cm³/mol. The van der Waals surface area contributed by atoms with Gasteiger partial charge in [-0.2, -0.15) is 0 Å². The molecule has 6 heteroatoms. The summed E-state index contributed by atoms with van der Waals surface area (Å²) in [5, 5.41) is 21.0. The van der Waals surface area contributed by atoms with Gasteiger partial charge in [0.05, 0.1) is 11.0 Å². The number of hydrogen-bond donors (Lipinski definition) is 1. The van der Waals surface area contributed by atoms with Crippen molar-refractivity contribution in [1.82, 2.24) is 0 Å². The Hall–Kier alpha value is -2.11. The molecule has 0 aliphatic carbocycles. The Bertz CT molecular complexity index is 643. The third kappa shape index (κ3) is 3.26. The highest BCUT2D eigenvalue weighted by atomic mass is 35.5. The smallest absolute Gasteiger partial charge is 0.311 e. The Morgan fingerprint density at radius 3 is 2.65 bits per heavy atom. The Morgan fingerprint density at radius 2 is 2.05 bits per heavy atom. The molecule has 0 fully saturated rings. The molecule has 2 rings (SSSR count). The molecule has 0 aliphatic heterocycles. The molecule has 104 valence electrons. The second-order valence-electron chi connectivity index (χ2n) is 4.22. The minimum absolute atomic E-state index is 0.0988. The summed E-state index contributed by atoms with van der Waals surface area (Å²) in [5.74, 6) is 0.507. The highest BCUT2D eigenvalue weighted by Gasteiger charge is 2.18. The predicted octanol–water partition coefficient (Wildman–Crippen LogP) is 4.09. The van der Waals surface area contributed by atoms with Gasteiger partial charge in [-0.25, -0.2) is 0 Å². The third-order valence-corrected chi connectivity index (χ3v) is 2.92. The maximum atomic E-state index is 11.1. The topological polar surface area (TPSA) is 72.6 Å². The molecule has 0 amide bonds. The van der Waals surface area contributed by atoms with Gasteiger partial charge in [0.1, 0.15) is 5.75 Å². The number of nitro groups is 1. The molecular weight excluding hydrogens is 282 g/mol. The van der Waals surface area contributed by atoms with Crippen molar-refractivity contribution < 1.29 is 14.8 Å². The molecule has 0 heterocycles.